The van der Waals surface area contributed by atoms with E-state index in [1.165, 1.54) is 11.8 Å². The Morgan fingerprint density at radius 2 is 1.87 bits per heavy atom. The van der Waals surface area contributed by atoms with Crippen LogP contribution in [0.5, 0.6) is 0 Å². The maximum absolute atomic E-state index is 12.8. The van der Waals surface area contributed by atoms with E-state index in [1.54, 1.807) is 24.0 Å². The number of ether oxygens (including phenoxy) is 1. The molecule has 0 saturated carbocycles. The number of aryl methyl sites for hydroxylation is 1. The van der Waals surface area contributed by atoms with E-state index < -0.39 is 0 Å². The lowest BCUT2D eigenvalue weighted by molar-refractivity contribution is -0.122. The van der Waals surface area contributed by atoms with Crippen molar-refractivity contribution in [3.63, 3.8) is 0 Å². The van der Waals surface area contributed by atoms with Crippen molar-refractivity contribution < 1.29 is 14.3 Å². The molecule has 2 heterocycles. The minimum absolute atomic E-state index is 0.00158. The van der Waals surface area contributed by atoms with Crippen molar-refractivity contribution in [3.8, 4) is 5.69 Å². The number of benzene rings is 1. The summed E-state index contributed by atoms with van der Waals surface area (Å²) in [5.41, 5.74) is 4.55. The molecule has 0 spiro atoms. The van der Waals surface area contributed by atoms with Crippen molar-refractivity contribution in [2.45, 2.75) is 34.6 Å². The Morgan fingerprint density at radius 1 is 1.17 bits per heavy atom. The van der Waals surface area contributed by atoms with Crippen LogP contribution < -0.4 is 0 Å². The van der Waals surface area contributed by atoms with E-state index in [0.29, 0.717) is 30.2 Å². The largest absolute Gasteiger partial charge is 0.462 e. The Balaban J connectivity index is 1.93. The van der Waals surface area contributed by atoms with Gasteiger partial charge in [0.15, 0.2) is 5.17 Å². The number of likely N-dealkylation sites (N-methyl/N-ethyl adjacent to an activating group) is 1. The fraction of sp³-hybridized carbons (Fsp3) is 0.348. The molecular formula is C23H27N3O3S. The zero-order valence-corrected chi connectivity index (χ0v) is 18.9. The quantitative estimate of drug-likeness (QED) is 0.502. The summed E-state index contributed by atoms with van der Waals surface area (Å²) >= 11 is 1.43. The second kappa shape index (κ2) is 9.34. The van der Waals surface area contributed by atoms with Crippen LogP contribution >= 0.6 is 11.8 Å². The number of carbonyl (C=O) groups is 2. The third kappa shape index (κ3) is 4.21. The van der Waals surface area contributed by atoms with E-state index in [1.807, 2.05) is 45.9 Å². The summed E-state index contributed by atoms with van der Waals surface area (Å²) in [7, 11) is 0. The van der Waals surface area contributed by atoms with Crippen LogP contribution in [-0.2, 0) is 9.53 Å². The molecule has 0 aliphatic carbocycles. The van der Waals surface area contributed by atoms with Gasteiger partial charge >= 0.3 is 5.97 Å². The van der Waals surface area contributed by atoms with Gasteiger partial charge in [0.2, 0.25) is 0 Å². The lowest BCUT2D eigenvalue weighted by atomic mass is 10.2. The molecule has 1 aliphatic heterocycles. The van der Waals surface area contributed by atoms with Crippen LogP contribution in [0, 0.1) is 13.8 Å². The van der Waals surface area contributed by atoms with Crippen molar-refractivity contribution in [2.24, 2.45) is 4.99 Å². The van der Waals surface area contributed by atoms with Gasteiger partial charge in [0, 0.05) is 30.2 Å². The van der Waals surface area contributed by atoms with Crippen molar-refractivity contribution in [2.75, 3.05) is 19.7 Å². The van der Waals surface area contributed by atoms with Crippen LogP contribution in [-0.4, -0.2) is 46.2 Å². The summed E-state index contributed by atoms with van der Waals surface area (Å²) in [4.78, 5) is 31.5. The van der Waals surface area contributed by atoms with Gasteiger partial charge in [-0.25, -0.2) is 4.79 Å². The van der Waals surface area contributed by atoms with Gasteiger partial charge in [0.05, 0.1) is 17.1 Å². The average molecular weight is 426 g/mol. The SMILES string of the molecule is CCN=C1S/C(=C\c2cc(C)n(-c3ccc(C(=O)OCC)cc3)c2C)C(=O)N1CC. The van der Waals surface area contributed by atoms with Gasteiger partial charge in [-0.1, -0.05) is 0 Å². The maximum atomic E-state index is 12.8. The fourth-order valence-electron chi connectivity index (χ4n) is 3.47. The summed E-state index contributed by atoms with van der Waals surface area (Å²) in [5.74, 6) is -0.324. The van der Waals surface area contributed by atoms with Crippen molar-refractivity contribution >= 4 is 34.9 Å². The normalized spacial score (nSPS) is 16.7. The molecule has 6 nitrogen and oxygen atoms in total. The molecule has 1 aliphatic rings. The third-order valence-electron chi connectivity index (χ3n) is 4.89. The van der Waals surface area contributed by atoms with Crippen LogP contribution in [0.2, 0.25) is 0 Å². The first-order valence-corrected chi connectivity index (χ1v) is 10.9. The summed E-state index contributed by atoms with van der Waals surface area (Å²) < 4.78 is 7.17. The molecule has 3 rings (SSSR count). The highest BCUT2D eigenvalue weighted by Crippen LogP contribution is 2.33. The van der Waals surface area contributed by atoms with Gasteiger partial charge < -0.3 is 9.30 Å². The Bertz CT molecular complexity index is 1020. The first-order valence-electron chi connectivity index (χ1n) is 10.1. The predicted octanol–water partition coefficient (Wildman–Crippen LogP) is 4.58. The van der Waals surface area contributed by atoms with E-state index >= 15 is 0 Å². The number of esters is 1. The van der Waals surface area contributed by atoms with Gasteiger partial charge in [-0.3, -0.25) is 14.7 Å². The minimum atomic E-state index is -0.322. The highest BCUT2D eigenvalue weighted by atomic mass is 32.2. The molecule has 0 N–H and O–H groups in total. The molecule has 158 valence electrons. The highest BCUT2D eigenvalue weighted by molar-refractivity contribution is 8.18. The summed E-state index contributed by atoms with van der Waals surface area (Å²) in [5, 5.41) is 0.764. The third-order valence-corrected chi connectivity index (χ3v) is 5.94. The number of amidine groups is 1. The van der Waals surface area contributed by atoms with E-state index in [4.69, 9.17) is 4.74 Å². The summed E-state index contributed by atoms with van der Waals surface area (Å²) in [6.45, 7) is 11.4. The Hall–Kier alpha value is -2.80. The van der Waals surface area contributed by atoms with E-state index in [9.17, 15) is 9.59 Å². The lowest BCUT2D eigenvalue weighted by Gasteiger charge is -2.11. The Kier molecular flexibility index (Phi) is 6.82. The number of carbonyl (C=O) groups excluding carboxylic acids is 2. The maximum Gasteiger partial charge on any atom is 0.338 e. The van der Waals surface area contributed by atoms with Gasteiger partial charge in [0.1, 0.15) is 0 Å². The molecule has 1 amide bonds. The minimum Gasteiger partial charge on any atom is -0.462 e. The van der Waals surface area contributed by atoms with E-state index in [0.717, 1.165) is 27.8 Å². The second-order valence-corrected chi connectivity index (χ2v) is 7.86. The molecule has 1 saturated heterocycles. The van der Waals surface area contributed by atoms with Crippen LogP contribution in [0.15, 0.2) is 40.2 Å². The second-order valence-electron chi connectivity index (χ2n) is 6.85. The van der Waals surface area contributed by atoms with Crippen molar-refractivity contribution in [3.05, 3.63) is 57.8 Å². The number of aromatic nitrogens is 1. The molecule has 1 aromatic heterocycles. The van der Waals surface area contributed by atoms with Gasteiger partial charge in [0.25, 0.3) is 5.91 Å². The van der Waals surface area contributed by atoms with Gasteiger partial charge in [-0.15, -0.1) is 0 Å². The molecule has 0 bridgehead atoms. The van der Waals surface area contributed by atoms with Crippen LogP contribution in [0.25, 0.3) is 11.8 Å². The predicted molar refractivity (Wildman–Crippen MR) is 122 cm³/mol. The highest BCUT2D eigenvalue weighted by Gasteiger charge is 2.32. The molecule has 2 aromatic rings. The van der Waals surface area contributed by atoms with Crippen LogP contribution in [0.4, 0.5) is 0 Å². The number of hydrogen-bond donors (Lipinski definition) is 0. The first kappa shape index (κ1) is 21.9. The molecule has 0 radical (unpaired) electrons. The monoisotopic (exact) mass is 425 g/mol. The molecule has 1 aromatic carbocycles. The lowest BCUT2D eigenvalue weighted by Crippen LogP contribution is -2.28. The fourth-order valence-corrected chi connectivity index (χ4v) is 4.57. The van der Waals surface area contributed by atoms with E-state index in [-0.39, 0.29) is 11.9 Å². The van der Waals surface area contributed by atoms with Crippen molar-refractivity contribution in [1.29, 1.82) is 0 Å². The molecular weight excluding hydrogens is 398 g/mol. The molecule has 1 fully saturated rings. The molecule has 7 heteroatoms. The first-order chi connectivity index (χ1) is 14.4. The Morgan fingerprint density at radius 3 is 2.47 bits per heavy atom. The zero-order chi connectivity index (χ0) is 21.8. The van der Waals surface area contributed by atoms with Gasteiger partial charge in [-0.2, -0.15) is 0 Å². The topological polar surface area (TPSA) is 63.9 Å². The smallest absolute Gasteiger partial charge is 0.338 e. The standard InChI is InChI=1S/C23H27N3O3S/c1-6-24-23-25(7-2)21(27)20(30-23)14-18-13-15(4)26(16(18)5)19-11-9-17(10-12-19)22(28)29-8-3/h9-14H,6-8H2,1-5H3/b20-14-,24-23?. The number of hydrogen-bond acceptors (Lipinski definition) is 5. The average Bonchev–Trinajstić information content (AvgIpc) is 3.17. The van der Waals surface area contributed by atoms with Gasteiger partial charge in [-0.05, 0) is 88.4 Å². The molecule has 30 heavy (non-hydrogen) atoms. The van der Waals surface area contributed by atoms with Crippen molar-refractivity contribution in [1.82, 2.24) is 9.47 Å². The molecule has 0 atom stereocenters. The number of thioether (sulfide) groups is 1. The molecule has 0 unspecified atom stereocenters. The van der Waals surface area contributed by atoms with Crippen LogP contribution in [0.1, 0.15) is 48.1 Å². The Labute approximate surface area is 181 Å². The summed E-state index contributed by atoms with van der Waals surface area (Å²) in [6, 6.07) is 9.42. The summed E-state index contributed by atoms with van der Waals surface area (Å²) in [6.07, 6.45) is 1.94. The van der Waals surface area contributed by atoms with E-state index in [2.05, 4.69) is 15.6 Å². The number of amides is 1. The number of aliphatic imine (C=N–C) groups is 1. The number of nitrogens with zero attached hydrogens (tertiary/aromatic N) is 3. The van der Waals surface area contributed by atoms with Crippen LogP contribution in [0.3, 0.4) is 0 Å². The number of rotatable bonds is 6. The zero-order valence-electron chi connectivity index (χ0n) is 18.1.